The average molecular weight is 252 g/mol. The first-order chi connectivity index (χ1) is 8.59. The normalized spacial score (nSPS) is 22.3. The summed E-state index contributed by atoms with van der Waals surface area (Å²) < 4.78 is 5.56. The number of aromatic nitrogens is 2. The Morgan fingerprint density at radius 2 is 2.22 bits per heavy atom. The molecule has 0 spiro atoms. The second-order valence-electron chi connectivity index (χ2n) is 5.93. The molecule has 0 bridgehead atoms. The third-order valence-corrected chi connectivity index (χ3v) is 3.47. The van der Waals surface area contributed by atoms with Gasteiger partial charge in [0.15, 0.2) is 0 Å². The topological polar surface area (TPSA) is 63.0 Å². The lowest BCUT2D eigenvalue weighted by Gasteiger charge is -2.16. The smallest absolute Gasteiger partial charge is 0.315 e. The van der Waals surface area contributed by atoms with Crippen molar-refractivity contribution in [3.05, 3.63) is 5.89 Å². The Hall–Kier alpha value is -1.10. The molecular formula is C13H24N4O. The maximum Gasteiger partial charge on any atom is 0.315 e. The quantitative estimate of drug-likeness (QED) is 0.762. The van der Waals surface area contributed by atoms with Crippen LogP contribution in [0, 0.1) is 5.41 Å². The number of nitrogens with one attached hydrogen (secondary N) is 2. The second-order valence-corrected chi connectivity index (χ2v) is 5.93. The fraction of sp³-hybridized carbons (Fsp3) is 0.846. The highest BCUT2D eigenvalue weighted by Gasteiger charge is 2.31. The van der Waals surface area contributed by atoms with Crippen LogP contribution < -0.4 is 10.6 Å². The zero-order chi connectivity index (χ0) is 13.0. The van der Waals surface area contributed by atoms with Crippen LogP contribution in [0.5, 0.6) is 0 Å². The van der Waals surface area contributed by atoms with Crippen molar-refractivity contribution in [2.45, 2.75) is 59.0 Å². The van der Waals surface area contributed by atoms with Gasteiger partial charge in [-0.2, -0.15) is 0 Å². The molecule has 1 aliphatic rings. The van der Waals surface area contributed by atoms with Crippen molar-refractivity contribution in [2.75, 3.05) is 11.9 Å². The molecule has 0 aliphatic heterocycles. The lowest BCUT2D eigenvalue weighted by atomic mass is 9.92. The Morgan fingerprint density at radius 1 is 1.39 bits per heavy atom. The van der Waals surface area contributed by atoms with E-state index >= 15 is 0 Å². The lowest BCUT2D eigenvalue weighted by molar-refractivity contribution is 0.377. The van der Waals surface area contributed by atoms with Gasteiger partial charge in [0.2, 0.25) is 5.89 Å². The second kappa shape index (κ2) is 5.69. The van der Waals surface area contributed by atoms with E-state index in [1.807, 2.05) is 0 Å². The third-order valence-electron chi connectivity index (χ3n) is 3.47. The minimum atomic E-state index is 0.434. The maximum atomic E-state index is 5.56. The summed E-state index contributed by atoms with van der Waals surface area (Å²) >= 11 is 0. The highest BCUT2D eigenvalue weighted by atomic mass is 16.4. The number of hydrogen-bond donors (Lipinski definition) is 2. The minimum Gasteiger partial charge on any atom is -0.407 e. The summed E-state index contributed by atoms with van der Waals surface area (Å²) in [6, 6.07) is 1.03. The first-order valence-electron chi connectivity index (χ1n) is 6.89. The van der Waals surface area contributed by atoms with Crippen LogP contribution >= 0.6 is 0 Å². The maximum absolute atomic E-state index is 5.56. The molecule has 102 valence electrons. The Morgan fingerprint density at radius 3 is 2.89 bits per heavy atom. The molecule has 1 aromatic rings. The number of hydrogen-bond acceptors (Lipinski definition) is 5. The van der Waals surface area contributed by atoms with Gasteiger partial charge in [0.1, 0.15) is 0 Å². The van der Waals surface area contributed by atoms with Crippen LogP contribution in [0.4, 0.5) is 6.01 Å². The molecule has 1 aromatic heterocycles. The van der Waals surface area contributed by atoms with Crippen LogP contribution in [-0.4, -0.2) is 22.8 Å². The monoisotopic (exact) mass is 252 g/mol. The van der Waals surface area contributed by atoms with E-state index in [1.165, 1.54) is 19.3 Å². The Kier molecular flexibility index (Phi) is 4.22. The summed E-state index contributed by atoms with van der Waals surface area (Å²) in [7, 11) is 0. The molecule has 1 heterocycles. The van der Waals surface area contributed by atoms with E-state index in [0.717, 1.165) is 13.0 Å². The van der Waals surface area contributed by atoms with Crippen LogP contribution in [0.15, 0.2) is 4.42 Å². The number of anilines is 1. The molecule has 0 saturated heterocycles. The van der Waals surface area contributed by atoms with Gasteiger partial charge in [-0.1, -0.05) is 25.9 Å². The van der Waals surface area contributed by atoms with Crippen molar-refractivity contribution in [1.29, 1.82) is 0 Å². The van der Waals surface area contributed by atoms with E-state index in [9.17, 15) is 0 Å². The molecule has 0 amide bonds. The van der Waals surface area contributed by atoms with Crippen molar-refractivity contribution in [1.82, 2.24) is 15.5 Å². The molecule has 18 heavy (non-hydrogen) atoms. The highest BCUT2D eigenvalue weighted by molar-refractivity contribution is 5.20. The van der Waals surface area contributed by atoms with Crippen LogP contribution in [0.3, 0.4) is 0 Å². The molecule has 2 N–H and O–H groups in total. The molecule has 5 heteroatoms. The van der Waals surface area contributed by atoms with E-state index in [-0.39, 0.29) is 0 Å². The summed E-state index contributed by atoms with van der Waals surface area (Å²) in [5.41, 5.74) is 0.434. The number of nitrogens with zero attached hydrogens (tertiary/aromatic N) is 2. The van der Waals surface area contributed by atoms with Gasteiger partial charge in [0.05, 0.1) is 6.54 Å². The summed E-state index contributed by atoms with van der Waals surface area (Å²) in [4.78, 5) is 0. The molecule has 1 aliphatic carbocycles. The molecule has 0 aromatic carbocycles. The standard InChI is InChI=1S/C13H24N4O/c1-4-7-14-9-11-16-17-12(18-11)15-10-5-6-13(2,3)8-10/h10,14H,4-9H2,1-3H3,(H,15,17). The molecule has 1 atom stereocenters. The lowest BCUT2D eigenvalue weighted by Crippen LogP contribution is -2.17. The average Bonchev–Trinajstić information content (AvgIpc) is 2.87. The Labute approximate surface area is 109 Å². The fourth-order valence-electron chi connectivity index (χ4n) is 2.49. The summed E-state index contributed by atoms with van der Waals surface area (Å²) in [5.74, 6) is 0.656. The van der Waals surface area contributed by atoms with Gasteiger partial charge < -0.3 is 15.1 Å². The fourth-order valence-corrected chi connectivity index (χ4v) is 2.49. The molecule has 5 nitrogen and oxygen atoms in total. The van der Waals surface area contributed by atoms with Crippen LogP contribution in [0.25, 0.3) is 0 Å². The van der Waals surface area contributed by atoms with Crippen molar-refractivity contribution in [3.63, 3.8) is 0 Å². The largest absolute Gasteiger partial charge is 0.407 e. The van der Waals surface area contributed by atoms with Gasteiger partial charge >= 0.3 is 6.01 Å². The van der Waals surface area contributed by atoms with E-state index in [0.29, 0.717) is 29.9 Å². The zero-order valence-corrected chi connectivity index (χ0v) is 11.6. The van der Waals surface area contributed by atoms with E-state index in [2.05, 4.69) is 41.6 Å². The SMILES string of the molecule is CCCNCc1nnc(NC2CCC(C)(C)C2)o1. The predicted octanol–water partition coefficient (Wildman–Crippen LogP) is 2.56. The van der Waals surface area contributed by atoms with Crippen LogP contribution in [0.1, 0.15) is 52.3 Å². The van der Waals surface area contributed by atoms with Crippen LogP contribution in [-0.2, 0) is 6.54 Å². The van der Waals surface area contributed by atoms with Gasteiger partial charge in [0.25, 0.3) is 0 Å². The molecule has 1 fully saturated rings. The van der Waals surface area contributed by atoms with Gasteiger partial charge in [-0.3, -0.25) is 0 Å². The highest BCUT2D eigenvalue weighted by Crippen LogP contribution is 2.38. The zero-order valence-electron chi connectivity index (χ0n) is 11.6. The van der Waals surface area contributed by atoms with E-state index < -0.39 is 0 Å². The molecule has 0 radical (unpaired) electrons. The Balaban J connectivity index is 1.80. The van der Waals surface area contributed by atoms with Gasteiger partial charge in [0, 0.05) is 6.04 Å². The van der Waals surface area contributed by atoms with Crippen molar-refractivity contribution in [3.8, 4) is 0 Å². The first-order valence-corrected chi connectivity index (χ1v) is 6.89. The molecule has 1 unspecified atom stereocenters. The third kappa shape index (κ3) is 3.70. The number of rotatable bonds is 6. The van der Waals surface area contributed by atoms with Crippen LogP contribution in [0.2, 0.25) is 0 Å². The van der Waals surface area contributed by atoms with E-state index in [1.54, 1.807) is 0 Å². The predicted molar refractivity (Wildman–Crippen MR) is 71.3 cm³/mol. The summed E-state index contributed by atoms with van der Waals surface area (Å²) in [5, 5.41) is 14.6. The van der Waals surface area contributed by atoms with E-state index in [4.69, 9.17) is 4.42 Å². The van der Waals surface area contributed by atoms with Gasteiger partial charge in [-0.05, 0) is 37.6 Å². The summed E-state index contributed by atoms with van der Waals surface area (Å²) in [6.45, 7) is 8.38. The minimum absolute atomic E-state index is 0.434. The first kappa shape index (κ1) is 13.3. The Bertz CT molecular complexity index is 375. The van der Waals surface area contributed by atoms with Crippen molar-refractivity contribution >= 4 is 6.01 Å². The molecule has 1 saturated carbocycles. The van der Waals surface area contributed by atoms with Crippen molar-refractivity contribution in [2.24, 2.45) is 5.41 Å². The summed E-state index contributed by atoms with van der Waals surface area (Å²) in [6.07, 6.45) is 4.71. The van der Waals surface area contributed by atoms with Gasteiger partial charge in [-0.15, -0.1) is 5.10 Å². The van der Waals surface area contributed by atoms with Gasteiger partial charge in [-0.25, -0.2) is 0 Å². The molecule has 2 rings (SSSR count). The molecular weight excluding hydrogens is 228 g/mol. The van der Waals surface area contributed by atoms with Crippen molar-refractivity contribution < 1.29 is 4.42 Å².